The third-order valence-corrected chi connectivity index (χ3v) is 5.27. The molecule has 0 aliphatic rings. The standard InChI is InChI=1S/C24H22FN5O3/c1-15-20(16(2)30-24(28-15)26-14-27-30)12-13-21(31)33-22(17-6-4-3-5-7-17)23(32)29-19-10-8-18(25)9-11-19/h3-11,14,22H,12-13H2,1-2H3,(H,29,32). The van der Waals surface area contributed by atoms with E-state index >= 15 is 0 Å². The van der Waals surface area contributed by atoms with E-state index in [2.05, 4.69) is 20.4 Å². The van der Waals surface area contributed by atoms with Crippen LogP contribution in [0.4, 0.5) is 10.1 Å². The number of esters is 1. The van der Waals surface area contributed by atoms with Gasteiger partial charge in [0.25, 0.3) is 11.7 Å². The lowest BCUT2D eigenvalue weighted by atomic mass is 10.1. The van der Waals surface area contributed by atoms with Gasteiger partial charge >= 0.3 is 5.97 Å². The van der Waals surface area contributed by atoms with Crippen LogP contribution in [0.15, 0.2) is 60.9 Å². The number of carbonyl (C=O) groups excluding carboxylic acids is 2. The van der Waals surface area contributed by atoms with Crippen molar-refractivity contribution in [2.45, 2.75) is 32.8 Å². The first-order valence-electron chi connectivity index (χ1n) is 10.4. The number of amides is 1. The highest BCUT2D eigenvalue weighted by atomic mass is 19.1. The molecule has 4 rings (SSSR count). The highest BCUT2D eigenvalue weighted by molar-refractivity contribution is 5.96. The van der Waals surface area contributed by atoms with E-state index in [-0.39, 0.29) is 6.42 Å². The van der Waals surface area contributed by atoms with Crippen molar-refractivity contribution in [1.82, 2.24) is 19.6 Å². The molecule has 0 bridgehead atoms. The molecule has 33 heavy (non-hydrogen) atoms. The predicted octanol–water partition coefficient (Wildman–Crippen LogP) is 3.74. The Labute approximate surface area is 189 Å². The van der Waals surface area contributed by atoms with Gasteiger partial charge in [-0.25, -0.2) is 13.9 Å². The van der Waals surface area contributed by atoms with Crippen LogP contribution in [-0.2, 0) is 20.7 Å². The molecule has 8 nitrogen and oxygen atoms in total. The average Bonchev–Trinajstić information content (AvgIpc) is 3.28. The van der Waals surface area contributed by atoms with Crippen molar-refractivity contribution < 1.29 is 18.7 Å². The van der Waals surface area contributed by atoms with E-state index in [1.165, 1.54) is 30.6 Å². The molecular weight excluding hydrogens is 425 g/mol. The van der Waals surface area contributed by atoms with Gasteiger partial charge in [-0.15, -0.1) is 0 Å². The topological polar surface area (TPSA) is 98.5 Å². The second-order valence-electron chi connectivity index (χ2n) is 7.51. The summed E-state index contributed by atoms with van der Waals surface area (Å²) in [6.07, 6.45) is 0.704. The van der Waals surface area contributed by atoms with Crippen molar-refractivity contribution in [2.75, 3.05) is 5.32 Å². The fraction of sp³-hybridized carbons (Fsp3) is 0.208. The van der Waals surface area contributed by atoms with E-state index in [9.17, 15) is 14.0 Å². The van der Waals surface area contributed by atoms with Crippen molar-refractivity contribution in [2.24, 2.45) is 0 Å². The molecule has 1 unspecified atom stereocenters. The number of aryl methyl sites for hydroxylation is 2. The van der Waals surface area contributed by atoms with Gasteiger partial charge in [0.1, 0.15) is 12.1 Å². The molecule has 0 saturated carbocycles. The highest BCUT2D eigenvalue weighted by Crippen LogP contribution is 2.22. The number of carbonyl (C=O) groups is 2. The molecule has 2 heterocycles. The lowest BCUT2D eigenvalue weighted by molar-refractivity contribution is -0.154. The summed E-state index contributed by atoms with van der Waals surface area (Å²) in [4.78, 5) is 34.2. The van der Waals surface area contributed by atoms with Crippen LogP contribution in [0.1, 0.15) is 35.0 Å². The fourth-order valence-electron chi connectivity index (χ4n) is 3.58. The fourth-order valence-corrected chi connectivity index (χ4v) is 3.58. The first-order chi connectivity index (χ1) is 15.9. The zero-order chi connectivity index (χ0) is 23.4. The van der Waals surface area contributed by atoms with E-state index in [4.69, 9.17) is 4.74 Å². The number of nitrogens with zero attached hydrogens (tertiary/aromatic N) is 4. The molecule has 0 spiro atoms. The number of benzene rings is 2. The number of aromatic nitrogens is 4. The smallest absolute Gasteiger partial charge is 0.307 e. The molecule has 168 valence electrons. The molecule has 0 aliphatic heterocycles. The Bertz CT molecular complexity index is 1290. The summed E-state index contributed by atoms with van der Waals surface area (Å²) in [5.74, 6) is -0.976. The van der Waals surface area contributed by atoms with Crippen LogP contribution in [0.5, 0.6) is 0 Å². The van der Waals surface area contributed by atoms with E-state index < -0.39 is 23.8 Å². The molecule has 1 N–H and O–H groups in total. The normalized spacial score (nSPS) is 11.8. The summed E-state index contributed by atoms with van der Waals surface area (Å²) in [6, 6.07) is 14.1. The number of rotatable bonds is 7. The number of hydrogen-bond donors (Lipinski definition) is 1. The Hall–Kier alpha value is -4.14. The minimum absolute atomic E-state index is 0.0523. The van der Waals surface area contributed by atoms with Gasteiger partial charge in [-0.3, -0.25) is 9.59 Å². The van der Waals surface area contributed by atoms with Crippen molar-refractivity contribution in [3.8, 4) is 0 Å². The number of nitrogens with one attached hydrogen (secondary N) is 1. The second-order valence-corrected chi connectivity index (χ2v) is 7.51. The minimum Gasteiger partial charge on any atom is -0.447 e. The van der Waals surface area contributed by atoms with Crippen LogP contribution < -0.4 is 5.32 Å². The Kier molecular flexibility index (Phi) is 6.39. The largest absolute Gasteiger partial charge is 0.447 e. The lowest BCUT2D eigenvalue weighted by Crippen LogP contribution is -2.26. The molecular formula is C24H22FN5O3. The Morgan fingerprint density at radius 1 is 1.09 bits per heavy atom. The Balaban J connectivity index is 1.48. The monoisotopic (exact) mass is 447 g/mol. The summed E-state index contributed by atoms with van der Waals surface area (Å²) in [5.41, 5.74) is 3.41. The molecule has 2 aromatic heterocycles. The van der Waals surface area contributed by atoms with Gasteiger partial charge in [0.05, 0.1) is 0 Å². The predicted molar refractivity (Wildman–Crippen MR) is 119 cm³/mol. The van der Waals surface area contributed by atoms with Crippen LogP contribution in [0.3, 0.4) is 0 Å². The van der Waals surface area contributed by atoms with Crippen LogP contribution in [-0.4, -0.2) is 31.5 Å². The van der Waals surface area contributed by atoms with Gasteiger partial charge in [0, 0.05) is 29.1 Å². The summed E-state index contributed by atoms with van der Waals surface area (Å²) in [5, 5.41) is 6.83. The highest BCUT2D eigenvalue weighted by Gasteiger charge is 2.25. The Morgan fingerprint density at radius 2 is 1.82 bits per heavy atom. The summed E-state index contributed by atoms with van der Waals surface area (Å²) < 4.78 is 20.4. The summed E-state index contributed by atoms with van der Waals surface area (Å²) >= 11 is 0. The van der Waals surface area contributed by atoms with E-state index in [1.807, 2.05) is 13.8 Å². The van der Waals surface area contributed by atoms with Gasteiger partial charge in [-0.05, 0) is 50.1 Å². The van der Waals surface area contributed by atoms with Gasteiger partial charge in [0.2, 0.25) is 6.10 Å². The van der Waals surface area contributed by atoms with Crippen molar-refractivity contribution in [3.05, 3.63) is 89.3 Å². The molecule has 1 atom stereocenters. The maximum Gasteiger partial charge on any atom is 0.307 e. The maximum atomic E-state index is 13.2. The van der Waals surface area contributed by atoms with E-state index in [0.717, 1.165) is 17.0 Å². The molecule has 0 saturated heterocycles. The van der Waals surface area contributed by atoms with Gasteiger partial charge < -0.3 is 10.1 Å². The molecule has 1 amide bonds. The van der Waals surface area contributed by atoms with Gasteiger partial charge in [0.15, 0.2) is 0 Å². The second kappa shape index (κ2) is 9.56. The van der Waals surface area contributed by atoms with Gasteiger partial charge in [-0.2, -0.15) is 10.1 Å². The lowest BCUT2D eigenvalue weighted by Gasteiger charge is -2.18. The number of halogens is 1. The Morgan fingerprint density at radius 3 is 2.55 bits per heavy atom. The average molecular weight is 447 g/mol. The maximum absolute atomic E-state index is 13.2. The zero-order valence-electron chi connectivity index (χ0n) is 18.2. The first kappa shape index (κ1) is 22.1. The third kappa shape index (κ3) is 5.03. The van der Waals surface area contributed by atoms with Crippen LogP contribution in [0, 0.1) is 19.7 Å². The van der Waals surface area contributed by atoms with Crippen LogP contribution in [0.2, 0.25) is 0 Å². The zero-order valence-corrected chi connectivity index (χ0v) is 18.2. The number of anilines is 1. The van der Waals surface area contributed by atoms with Crippen LogP contribution in [0.25, 0.3) is 5.78 Å². The van der Waals surface area contributed by atoms with Crippen molar-refractivity contribution in [3.63, 3.8) is 0 Å². The van der Waals surface area contributed by atoms with E-state index in [0.29, 0.717) is 23.4 Å². The van der Waals surface area contributed by atoms with Crippen molar-refractivity contribution >= 4 is 23.3 Å². The number of fused-ring (bicyclic) bond motifs is 1. The minimum atomic E-state index is -1.15. The van der Waals surface area contributed by atoms with Crippen LogP contribution >= 0.6 is 0 Å². The number of hydrogen-bond acceptors (Lipinski definition) is 6. The molecule has 4 aromatic rings. The molecule has 9 heteroatoms. The van der Waals surface area contributed by atoms with E-state index in [1.54, 1.807) is 34.8 Å². The molecule has 0 aliphatic carbocycles. The quantitative estimate of drug-likeness (QED) is 0.434. The SMILES string of the molecule is Cc1nc2ncnn2c(C)c1CCC(=O)OC(C(=O)Nc1ccc(F)cc1)c1ccccc1. The summed E-state index contributed by atoms with van der Waals surface area (Å²) in [6.45, 7) is 3.74. The molecule has 2 aromatic carbocycles. The molecule has 0 fully saturated rings. The summed E-state index contributed by atoms with van der Waals surface area (Å²) in [7, 11) is 0. The molecule has 0 radical (unpaired) electrons. The first-order valence-corrected chi connectivity index (χ1v) is 10.4. The number of ether oxygens (including phenoxy) is 1. The van der Waals surface area contributed by atoms with Crippen molar-refractivity contribution in [1.29, 1.82) is 0 Å². The van der Waals surface area contributed by atoms with Gasteiger partial charge in [-0.1, -0.05) is 30.3 Å². The third-order valence-electron chi connectivity index (χ3n) is 5.27.